The van der Waals surface area contributed by atoms with Crippen molar-refractivity contribution in [2.24, 2.45) is 0 Å². The lowest BCUT2D eigenvalue weighted by Gasteiger charge is -2.00. The SMILES string of the molecule is Nc1cccc(CCc2cc[nH]n2)c1. The van der Waals surface area contributed by atoms with Gasteiger partial charge in [0.15, 0.2) is 0 Å². The highest BCUT2D eigenvalue weighted by molar-refractivity contribution is 5.40. The van der Waals surface area contributed by atoms with Crippen molar-refractivity contribution in [3.05, 3.63) is 47.8 Å². The smallest absolute Gasteiger partial charge is 0.0625 e. The summed E-state index contributed by atoms with van der Waals surface area (Å²) in [5.74, 6) is 0. The second kappa shape index (κ2) is 3.96. The number of rotatable bonds is 3. The lowest BCUT2D eigenvalue weighted by atomic mass is 10.1. The van der Waals surface area contributed by atoms with E-state index in [0.717, 1.165) is 24.2 Å². The van der Waals surface area contributed by atoms with Gasteiger partial charge >= 0.3 is 0 Å². The fourth-order valence-electron chi connectivity index (χ4n) is 1.45. The number of nitrogens with one attached hydrogen (secondary N) is 1. The van der Waals surface area contributed by atoms with E-state index in [4.69, 9.17) is 5.73 Å². The first-order chi connectivity index (χ1) is 6.84. The second-order valence-corrected chi connectivity index (χ2v) is 3.31. The van der Waals surface area contributed by atoms with Crippen LogP contribution in [-0.2, 0) is 12.8 Å². The van der Waals surface area contributed by atoms with E-state index in [2.05, 4.69) is 16.3 Å². The summed E-state index contributed by atoms with van der Waals surface area (Å²) in [6.07, 6.45) is 3.78. The number of aromatic nitrogens is 2. The van der Waals surface area contributed by atoms with Crippen LogP contribution >= 0.6 is 0 Å². The molecule has 1 aromatic heterocycles. The highest BCUT2D eigenvalue weighted by Gasteiger charge is 1.97. The average Bonchev–Trinajstić information content (AvgIpc) is 2.67. The van der Waals surface area contributed by atoms with Crippen LogP contribution < -0.4 is 5.73 Å². The average molecular weight is 187 g/mol. The van der Waals surface area contributed by atoms with Crippen LogP contribution in [-0.4, -0.2) is 10.2 Å². The van der Waals surface area contributed by atoms with Crippen molar-refractivity contribution < 1.29 is 0 Å². The van der Waals surface area contributed by atoms with E-state index in [1.54, 1.807) is 0 Å². The number of H-pyrrole nitrogens is 1. The Labute approximate surface area is 83.0 Å². The first-order valence-corrected chi connectivity index (χ1v) is 4.68. The molecule has 2 rings (SSSR count). The number of benzene rings is 1. The van der Waals surface area contributed by atoms with Crippen LogP contribution in [0.5, 0.6) is 0 Å². The van der Waals surface area contributed by atoms with Gasteiger partial charge in [-0.05, 0) is 36.6 Å². The number of aryl methyl sites for hydroxylation is 2. The highest BCUT2D eigenvalue weighted by Crippen LogP contribution is 2.09. The molecule has 0 aliphatic rings. The largest absolute Gasteiger partial charge is 0.399 e. The van der Waals surface area contributed by atoms with Gasteiger partial charge in [0.1, 0.15) is 0 Å². The van der Waals surface area contributed by atoms with Crippen molar-refractivity contribution >= 4 is 5.69 Å². The number of hydrogen-bond donors (Lipinski definition) is 2. The minimum atomic E-state index is 0.824. The molecule has 1 aromatic carbocycles. The third-order valence-electron chi connectivity index (χ3n) is 2.18. The van der Waals surface area contributed by atoms with Crippen molar-refractivity contribution in [3.8, 4) is 0 Å². The lowest BCUT2D eigenvalue weighted by Crippen LogP contribution is -1.93. The molecule has 0 fully saturated rings. The van der Waals surface area contributed by atoms with E-state index in [1.807, 2.05) is 30.5 Å². The van der Waals surface area contributed by atoms with Crippen LogP contribution in [0.2, 0.25) is 0 Å². The Morgan fingerprint density at radius 2 is 2.14 bits per heavy atom. The van der Waals surface area contributed by atoms with Crippen molar-refractivity contribution in [1.82, 2.24) is 10.2 Å². The zero-order valence-corrected chi connectivity index (χ0v) is 7.90. The van der Waals surface area contributed by atoms with E-state index >= 15 is 0 Å². The molecule has 0 aliphatic carbocycles. The molecular formula is C11H13N3. The molecule has 0 saturated carbocycles. The molecule has 0 spiro atoms. The second-order valence-electron chi connectivity index (χ2n) is 3.31. The maximum atomic E-state index is 5.69. The van der Waals surface area contributed by atoms with Crippen LogP contribution in [0.15, 0.2) is 36.5 Å². The summed E-state index contributed by atoms with van der Waals surface area (Å²) < 4.78 is 0. The van der Waals surface area contributed by atoms with Crippen LogP contribution in [0, 0.1) is 0 Å². The molecule has 3 nitrogen and oxygen atoms in total. The Morgan fingerprint density at radius 1 is 1.21 bits per heavy atom. The lowest BCUT2D eigenvalue weighted by molar-refractivity contribution is 0.893. The third-order valence-corrected chi connectivity index (χ3v) is 2.18. The van der Waals surface area contributed by atoms with Crippen molar-refractivity contribution in [2.45, 2.75) is 12.8 Å². The molecule has 3 heteroatoms. The Hall–Kier alpha value is -1.77. The first kappa shape index (κ1) is 8.81. The number of hydrogen-bond acceptors (Lipinski definition) is 2. The van der Waals surface area contributed by atoms with Gasteiger partial charge in [0.05, 0.1) is 5.69 Å². The van der Waals surface area contributed by atoms with Crippen LogP contribution in [0.3, 0.4) is 0 Å². The van der Waals surface area contributed by atoms with Gasteiger partial charge in [-0.1, -0.05) is 12.1 Å². The van der Waals surface area contributed by atoms with Gasteiger partial charge in [0.25, 0.3) is 0 Å². The number of nitrogens with zero attached hydrogens (tertiary/aromatic N) is 1. The van der Waals surface area contributed by atoms with Crippen molar-refractivity contribution in [2.75, 3.05) is 5.73 Å². The summed E-state index contributed by atoms with van der Waals surface area (Å²) >= 11 is 0. The van der Waals surface area contributed by atoms with Gasteiger partial charge in [0.2, 0.25) is 0 Å². The minimum absolute atomic E-state index is 0.824. The molecule has 0 bridgehead atoms. The van der Waals surface area contributed by atoms with Crippen LogP contribution in [0.4, 0.5) is 5.69 Å². The van der Waals surface area contributed by atoms with Gasteiger partial charge in [-0.15, -0.1) is 0 Å². The maximum Gasteiger partial charge on any atom is 0.0625 e. The fraction of sp³-hybridized carbons (Fsp3) is 0.182. The molecule has 1 heterocycles. The third kappa shape index (κ3) is 2.13. The van der Waals surface area contributed by atoms with Crippen molar-refractivity contribution in [3.63, 3.8) is 0 Å². The normalized spacial score (nSPS) is 10.3. The monoisotopic (exact) mass is 187 g/mol. The van der Waals surface area contributed by atoms with Crippen LogP contribution in [0.25, 0.3) is 0 Å². The van der Waals surface area contributed by atoms with Crippen molar-refractivity contribution in [1.29, 1.82) is 0 Å². The quantitative estimate of drug-likeness (QED) is 0.719. The summed E-state index contributed by atoms with van der Waals surface area (Å²) in [4.78, 5) is 0. The van der Waals surface area contributed by atoms with E-state index in [-0.39, 0.29) is 0 Å². The summed E-state index contributed by atoms with van der Waals surface area (Å²) in [5.41, 5.74) is 8.86. The zero-order valence-electron chi connectivity index (χ0n) is 7.90. The van der Waals surface area contributed by atoms with Gasteiger partial charge in [-0.2, -0.15) is 5.10 Å². The standard InChI is InChI=1S/C11H13N3/c12-10-3-1-2-9(8-10)4-5-11-6-7-13-14-11/h1-3,6-8H,4-5,12H2,(H,13,14). The summed E-state index contributed by atoms with van der Waals surface area (Å²) in [6.45, 7) is 0. The predicted molar refractivity (Wildman–Crippen MR) is 56.9 cm³/mol. The maximum absolute atomic E-state index is 5.69. The molecule has 14 heavy (non-hydrogen) atoms. The van der Waals surface area contributed by atoms with E-state index in [0.29, 0.717) is 0 Å². The number of nitrogen functional groups attached to an aromatic ring is 1. The summed E-state index contributed by atoms with van der Waals surface area (Å²) in [5, 5.41) is 6.90. The number of anilines is 1. The van der Waals surface area contributed by atoms with Crippen LogP contribution in [0.1, 0.15) is 11.3 Å². The summed E-state index contributed by atoms with van der Waals surface area (Å²) in [6, 6.07) is 9.97. The number of aromatic amines is 1. The number of nitrogens with two attached hydrogens (primary N) is 1. The Balaban J connectivity index is 1.98. The molecule has 0 aliphatic heterocycles. The molecule has 2 aromatic rings. The van der Waals surface area contributed by atoms with Gasteiger partial charge in [0, 0.05) is 11.9 Å². The van der Waals surface area contributed by atoms with E-state index in [9.17, 15) is 0 Å². The fourth-order valence-corrected chi connectivity index (χ4v) is 1.45. The topological polar surface area (TPSA) is 54.7 Å². The molecular weight excluding hydrogens is 174 g/mol. The van der Waals surface area contributed by atoms with E-state index in [1.165, 1.54) is 5.56 Å². The Kier molecular flexibility index (Phi) is 2.49. The molecule has 0 radical (unpaired) electrons. The molecule has 0 saturated heterocycles. The molecule has 0 unspecified atom stereocenters. The van der Waals surface area contributed by atoms with Gasteiger partial charge < -0.3 is 5.73 Å². The Bertz CT molecular complexity index is 393. The molecule has 72 valence electrons. The minimum Gasteiger partial charge on any atom is -0.399 e. The molecule has 0 atom stereocenters. The van der Waals surface area contributed by atoms with Gasteiger partial charge in [-0.25, -0.2) is 0 Å². The molecule has 0 amide bonds. The van der Waals surface area contributed by atoms with E-state index < -0.39 is 0 Å². The predicted octanol–water partition coefficient (Wildman–Crippen LogP) is 1.78. The van der Waals surface area contributed by atoms with Gasteiger partial charge in [-0.3, -0.25) is 5.10 Å². The first-order valence-electron chi connectivity index (χ1n) is 4.68. The summed E-state index contributed by atoms with van der Waals surface area (Å²) in [7, 11) is 0. The Morgan fingerprint density at radius 3 is 2.86 bits per heavy atom. The highest BCUT2D eigenvalue weighted by atomic mass is 15.1. The molecule has 3 N–H and O–H groups in total. The zero-order chi connectivity index (χ0) is 9.80.